The van der Waals surface area contributed by atoms with Crippen LogP contribution in [0.25, 0.3) is 54.2 Å². The SMILES string of the molecule is c1ccc(-c2ncnc(-c3ccccc3)c2-c2sc(-c3ccccc3)c3ccccc23)cc1. The van der Waals surface area contributed by atoms with Gasteiger partial charge in [-0.1, -0.05) is 115 Å². The minimum Gasteiger partial charge on any atom is -0.236 e. The molecular formula is C30H20N2S. The molecule has 0 saturated carbocycles. The van der Waals surface area contributed by atoms with Crippen LogP contribution in [0.1, 0.15) is 0 Å². The van der Waals surface area contributed by atoms with Crippen LogP contribution in [-0.2, 0) is 0 Å². The number of rotatable bonds is 4. The lowest BCUT2D eigenvalue weighted by atomic mass is 9.96. The average molecular weight is 441 g/mol. The molecule has 0 N–H and O–H groups in total. The van der Waals surface area contributed by atoms with Gasteiger partial charge in [0.1, 0.15) is 6.33 Å². The number of nitrogens with zero attached hydrogens (tertiary/aromatic N) is 2. The predicted molar refractivity (Wildman–Crippen MR) is 139 cm³/mol. The summed E-state index contributed by atoms with van der Waals surface area (Å²) in [6, 6.07) is 40.1. The summed E-state index contributed by atoms with van der Waals surface area (Å²) in [7, 11) is 0. The van der Waals surface area contributed by atoms with Crippen molar-refractivity contribution >= 4 is 22.1 Å². The van der Waals surface area contributed by atoms with E-state index >= 15 is 0 Å². The highest BCUT2D eigenvalue weighted by molar-refractivity contribution is 7.21. The number of aromatic nitrogens is 2. The third-order valence-corrected chi connectivity index (χ3v) is 7.11. The molecule has 2 aromatic heterocycles. The Hall–Kier alpha value is -4.08. The molecule has 0 unspecified atom stereocenters. The van der Waals surface area contributed by atoms with Crippen LogP contribution in [0, 0.1) is 0 Å². The van der Waals surface area contributed by atoms with Crippen molar-refractivity contribution in [1.29, 1.82) is 0 Å². The van der Waals surface area contributed by atoms with Gasteiger partial charge in [-0.3, -0.25) is 0 Å². The van der Waals surface area contributed by atoms with Gasteiger partial charge in [-0.05, 0) is 5.56 Å². The van der Waals surface area contributed by atoms with E-state index in [4.69, 9.17) is 9.97 Å². The zero-order valence-electron chi connectivity index (χ0n) is 17.8. The van der Waals surface area contributed by atoms with Crippen molar-refractivity contribution in [2.24, 2.45) is 0 Å². The molecule has 33 heavy (non-hydrogen) atoms. The van der Waals surface area contributed by atoms with Crippen LogP contribution < -0.4 is 0 Å². The first kappa shape index (κ1) is 19.6. The zero-order valence-corrected chi connectivity index (χ0v) is 18.7. The van der Waals surface area contributed by atoms with Crippen LogP contribution in [0.5, 0.6) is 0 Å². The van der Waals surface area contributed by atoms with Crippen molar-refractivity contribution < 1.29 is 0 Å². The quantitative estimate of drug-likeness (QED) is 0.275. The first-order valence-electron chi connectivity index (χ1n) is 10.9. The third-order valence-electron chi connectivity index (χ3n) is 5.83. The molecule has 2 heterocycles. The van der Waals surface area contributed by atoms with E-state index in [1.54, 1.807) is 6.33 Å². The second-order valence-electron chi connectivity index (χ2n) is 7.85. The van der Waals surface area contributed by atoms with Crippen molar-refractivity contribution in [3.8, 4) is 43.4 Å². The van der Waals surface area contributed by atoms with Crippen molar-refractivity contribution in [3.05, 3.63) is 122 Å². The summed E-state index contributed by atoms with van der Waals surface area (Å²) in [6.45, 7) is 0. The van der Waals surface area contributed by atoms with Gasteiger partial charge in [0.2, 0.25) is 0 Å². The molecule has 6 rings (SSSR count). The van der Waals surface area contributed by atoms with Crippen molar-refractivity contribution in [1.82, 2.24) is 9.97 Å². The monoisotopic (exact) mass is 440 g/mol. The van der Waals surface area contributed by atoms with Crippen LogP contribution in [-0.4, -0.2) is 9.97 Å². The van der Waals surface area contributed by atoms with Crippen LogP contribution in [0.3, 0.4) is 0 Å². The normalized spacial score (nSPS) is 11.0. The Bertz CT molecular complexity index is 1480. The number of hydrogen-bond acceptors (Lipinski definition) is 3. The molecule has 0 saturated heterocycles. The van der Waals surface area contributed by atoms with Gasteiger partial charge in [-0.15, -0.1) is 11.3 Å². The molecule has 0 amide bonds. The molecule has 0 atom stereocenters. The van der Waals surface area contributed by atoms with Gasteiger partial charge in [0.05, 0.1) is 11.4 Å². The average Bonchev–Trinajstić information content (AvgIpc) is 3.29. The minimum atomic E-state index is 0.955. The standard InChI is InChI=1S/C30H20N2S/c1-4-12-21(13-5-1)27-26(28(32-20-31-27)22-14-6-2-7-15-22)30-25-19-11-10-18-24(25)29(33-30)23-16-8-3-9-17-23/h1-20H. The van der Waals surface area contributed by atoms with E-state index in [1.165, 1.54) is 26.1 Å². The smallest absolute Gasteiger partial charge is 0.116 e. The third kappa shape index (κ3) is 3.53. The molecule has 0 fully saturated rings. The lowest BCUT2D eigenvalue weighted by Crippen LogP contribution is -1.95. The number of fused-ring (bicyclic) bond motifs is 1. The van der Waals surface area contributed by atoms with Gasteiger partial charge >= 0.3 is 0 Å². The fourth-order valence-corrected chi connectivity index (χ4v) is 5.64. The second kappa shape index (κ2) is 8.45. The van der Waals surface area contributed by atoms with Crippen molar-refractivity contribution in [2.75, 3.05) is 0 Å². The Morgan fingerprint density at radius 2 is 0.848 bits per heavy atom. The molecule has 3 heteroatoms. The van der Waals surface area contributed by atoms with Crippen LogP contribution in [0.2, 0.25) is 0 Å². The van der Waals surface area contributed by atoms with Crippen LogP contribution >= 0.6 is 11.3 Å². The first-order chi connectivity index (χ1) is 16.4. The molecule has 6 aromatic rings. The highest BCUT2D eigenvalue weighted by Crippen LogP contribution is 2.48. The van der Waals surface area contributed by atoms with Gasteiger partial charge in [0.25, 0.3) is 0 Å². The van der Waals surface area contributed by atoms with E-state index in [0.717, 1.165) is 28.1 Å². The van der Waals surface area contributed by atoms with E-state index in [-0.39, 0.29) is 0 Å². The predicted octanol–water partition coefficient (Wildman–Crippen LogP) is 8.36. The van der Waals surface area contributed by atoms with Gasteiger partial charge in [0, 0.05) is 37.2 Å². The zero-order chi connectivity index (χ0) is 22.0. The molecule has 0 aliphatic heterocycles. The Kier molecular flexibility index (Phi) is 5.02. The topological polar surface area (TPSA) is 25.8 Å². The second-order valence-corrected chi connectivity index (χ2v) is 8.87. The maximum atomic E-state index is 4.80. The molecule has 0 radical (unpaired) electrons. The number of hydrogen-bond donors (Lipinski definition) is 0. The van der Waals surface area contributed by atoms with Gasteiger partial charge in [-0.2, -0.15) is 0 Å². The molecule has 0 spiro atoms. The number of thiophene rings is 1. The molecule has 2 nitrogen and oxygen atoms in total. The van der Waals surface area contributed by atoms with Crippen molar-refractivity contribution in [2.45, 2.75) is 0 Å². The maximum absolute atomic E-state index is 4.80. The molecular weight excluding hydrogens is 420 g/mol. The molecule has 0 aliphatic carbocycles. The highest BCUT2D eigenvalue weighted by Gasteiger charge is 2.22. The Morgan fingerprint density at radius 1 is 0.424 bits per heavy atom. The van der Waals surface area contributed by atoms with Crippen LogP contribution in [0.4, 0.5) is 0 Å². The molecule has 0 aliphatic rings. The summed E-state index contributed by atoms with van der Waals surface area (Å²) in [6.07, 6.45) is 1.68. The minimum absolute atomic E-state index is 0.955. The lowest BCUT2D eigenvalue weighted by Gasteiger charge is -2.13. The molecule has 0 bridgehead atoms. The fraction of sp³-hybridized carbons (Fsp3) is 0. The summed E-state index contributed by atoms with van der Waals surface area (Å²) in [4.78, 5) is 12.1. The summed E-state index contributed by atoms with van der Waals surface area (Å²) < 4.78 is 0. The fourth-order valence-electron chi connectivity index (χ4n) is 4.31. The van der Waals surface area contributed by atoms with Gasteiger partial charge < -0.3 is 0 Å². The Balaban J connectivity index is 1.71. The first-order valence-corrected chi connectivity index (χ1v) is 11.7. The van der Waals surface area contributed by atoms with Gasteiger partial charge in [-0.25, -0.2) is 9.97 Å². The van der Waals surface area contributed by atoms with Gasteiger partial charge in [0.15, 0.2) is 0 Å². The van der Waals surface area contributed by atoms with E-state index in [0.29, 0.717) is 0 Å². The Morgan fingerprint density at radius 3 is 1.36 bits per heavy atom. The Labute approximate surface area is 196 Å². The molecule has 4 aromatic carbocycles. The highest BCUT2D eigenvalue weighted by atomic mass is 32.1. The summed E-state index contributed by atoms with van der Waals surface area (Å²) in [5.41, 5.74) is 6.39. The van der Waals surface area contributed by atoms with Crippen LogP contribution in [0.15, 0.2) is 122 Å². The summed E-state index contributed by atoms with van der Waals surface area (Å²) in [5, 5.41) is 2.48. The largest absolute Gasteiger partial charge is 0.236 e. The summed E-state index contributed by atoms with van der Waals surface area (Å²) in [5.74, 6) is 0. The maximum Gasteiger partial charge on any atom is 0.116 e. The van der Waals surface area contributed by atoms with E-state index in [9.17, 15) is 0 Å². The van der Waals surface area contributed by atoms with E-state index in [2.05, 4.69) is 103 Å². The van der Waals surface area contributed by atoms with E-state index in [1.807, 2.05) is 23.5 Å². The van der Waals surface area contributed by atoms with E-state index < -0.39 is 0 Å². The lowest BCUT2D eigenvalue weighted by molar-refractivity contribution is 1.18. The van der Waals surface area contributed by atoms with Crippen molar-refractivity contribution in [3.63, 3.8) is 0 Å². The number of benzene rings is 4. The molecule has 156 valence electrons. The summed E-state index contributed by atoms with van der Waals surface area (Å²) >= 11 is 1.82.